The van der Waals surface area contributed by atoms with Gasteiger partial charge in [0.15, 0.2) is 12.4 Å². The molecule has 1 amide bonds. The molecule has 0 aromatic heterocycles. The van der Waals surface area contributed by atoms with E-state index in [2.05, 4.69) is 10.6 Å². The van der Waals surface area contributed by atoms with Crippen molar-refractivity contribution in [2.45, 2.75) is 6.10 Å². The van der Waals surface area contributed by atoms with Crippen LogP contribution in [0.25, 0.3) is 0 Å². The molecule has 122 valence electrons. The fourth-order valence-corrected chi connectivity index (χ4v) is 2.10. The average Bonchev–Trinajstić information content (AvgIpc) is 2.88. The molecule has 1 aromatic carbocycles. The number of ether oxygens (including phenoxy) is 1. The highest BCUT2D eigenvalue weighted by molar-refractivity contribution is 5.85. The number of amides is 1. The van der Waals surface area contributed by atoms with E-state index in [0.717, 1.165) is 0 Å². The van der Waals surface area contributed by atoms with E-state index < -0.39 is 11.0 Å². The lowest BCUT2D eigenvalue weighted by atomic mass is 10.1. The van der Waals surface area contributed by atoms with Gasteiger partial charge in [-0.2, -0.15) is 0 Å². The van der Waals surface area contributed by atoms with Gasteiger partial charge < -0.3 is 20.5 Å². The summed E-state index contributed by atoms with van der Waals surface area (Å²) in [5.74, 6) is -0.354. The van der Waals surface area contributed by atoms with E-state index in [1.54, 1.807) is 6.07 Å². The van der Waals surface area contributed by atoms with E-state index in [-0.39, 0.29) is 42.3 Å². The molecule has 1 saturated heterocycles. The number of hydrogen-bond acceptors (Lipinski definition) is 6. The third-order valence-corrected chi connectivity index (χ3v) is 3.29. The minimum atomic E-state index is -0.562. The van der Waals surface area contributed by atoms with Crippen molar-refractivity contribution in [1.29, 1.82) is 0 Å². The Labute approximate surface area is 133 Å². The summed E-state index contributed by atoms with van der Waals surface area (Å²) < 4.78 is 5.17. The van der Waals surface area contributed by atoms with Gasteiger partial charge in [-0.15, -0.1) is 12.4 Å². The first-order chi connectivity index (χ1) is 10.1. The summed E-state index contributed by atoms with van der Waals surface area (Å²) in [7, 11) is 0. The van der Waals surface area contributed by atoms with Crippen LogP contribution in [-0.4, -0.2) is 48.3 Å². The number of halogens is 1. The van der Waals surface area contributed by atoms with Gasteiger partial charge in [-0.05, 0) is 6.07 Å². The number of nitro benzene ring substituents is 1. The largest absolute Gasteiger partial charge is 0.477 e. The van der Waals surface area contributed by atoms with Crippen LogP contribution in [0, 0.1) is 16.0 Å². The van der Waals surface area contributed by atoms with Gasteiger partial charge in [-0.25, -0.2) is 0 Å². The van der Waals surface area contributed by atoms with Gasteiger partial charge >= 0.3 is 5.69 Å². The molecule has 0 spiro atoms. The molecule has 3 N–H and O–H groups in total. The second-order valence-electron chi connectivity index (χ2n) is 4.80. The van der Waals surface area contributed by atoms with Crippen LogP contribution < -0.4 is 15.4 Å². The number of nitrogens with one attached hydrogen (secondary N) is 2. The predicted octanol–water partition coefficient (Wildman–Crippen LogP) is 0.0919. The van der Waals surface area contributed by atoms with Crippen molar-refractivity contribution in [3.8, 4) is 5.75 Å². The molecule has 8 nitrogen and oxygen atoms in total. The first kappa shape index (κ1) is 18.1. The molecular weight excluding hydrogens is 314 g/mol. The first-order valence-corrected chi connectivity index (χ1v) is 6.59. The number of β-amino-alcohol motifs (C(OH)–C–C–N with tert-alkyl or cyclic N) is 1. The standard InChI is InChI=1S/C13H17N3O5.ClH/c17-11-7-14-5-9(11)6-15-13(18)8-21-12-4-2-1-3-10(12)16(19)20;/h1-4,9,11,14,17H,5-8H2,(H,15,18);1H. The Kier molecular flexibility index (Phi) is 7.03. The summed E-state index contributed by atoms with van der Waals surface area (Å²) in [6.45, 7) is 1.20. The minimum absolute atomic E-state index is 0. The summed E-state index contributed by atoms with van der Waals surface area (Å²) in [6.07, 6.45) is -0.471. The minimum Gasteiger partial charge on any atom is -0.477 e. The van der Waals surface area contributed by atoms with Crippen LogP contribution in [0.1, 0.15) is 0 Å². The third-order valence-electron chi connectivity index (χ3n) is 3.29. The van der Waals surface area contributed by atoms with Crippen molar-refractivity contribution in [2.75, 3.05) is 26.2 Å². The Morgan fingerprint density at radius 3 is 2.82 bits per heavy atom. The maximum atomic E-state index is 11.7. The number of nitrogens with zero attached hydrogens (tertiary/aromatic N) is 1. The number of rotatable bonds is 6. The van der Waals surface area contributed by atoms with Crippen LogP contribution in [0.4, 0.5) is 5.69 Å². The highest BCUT2D eigenvalue weighted by Crippen LogP contribution is 2.25. The second-order valence-corrected chi connectivity index (χ2v) is 4.80. The van der Waals surface area contributed by atoms with Crippen molar-refractivity contribution in [3.05, 3.63) is 34.4 Å². The van der Waals surface area contributed by atoms with Crippen molar-refractivity contribution in [3.63, 3.8) is 0 Å². The molecule has 0 saturated carbocycles. The quantitative estimate of drug-likeness (QED) is 0.503. The molecule has 1 heterocycles. The lowest BCUT2D eigenvalue weighted by Gasteiger charge is -2.14. The van der Waals surface area contributed by atoms with Crippen LogP contribution in [0.3, 0.4) is 0 Å². The fourth-order valence-electron chi connectivity index (χ4n) is 2.10. The van der Waals surface area contributed by atoms with Gasteiger partial charge in [0.25, 0.3) is 5.91 Å². The summed E-state index contributed by atoms with van der Waals surface area (Å²) >= 11 is 0. The Morgan fingerprint density at radius 1 is 1.45 bits per heavy atom. The Hall–Kier alpha value is -1.90. The zero-order valence-electron chi connectivity index (χ0n) is 11.7. The Balaban J connectivity index is 0.00000242. The normalized spacial score (nSPS) is 20.0. The van der Waals surface area contributed by atoms with E-state index in [1.807, 2.05) is 0 Å². The van der Waals surface area contributed by atoms with Gasteiger partial charge in [0.2, 0.25) is 0 Å². The molecule has 1 fully saturated rings. The molecule has 0 radical (unpaired) electrons. The SMILES string of the molecule is Cl.O=C(COc1ccccc1[N+](=O)[O-])NCC1CNCC1O. The molecule has 9 heteroatoms. The zero-order valence-corrected chi connectivity index (χ0v) is 12.5. The summed E-state index contributed by atoms with van der Waals surface area (Å²) in [4.78, 5) is 21.9. The van der Waals surface area contributed by atoms with E-state index in [4.69, 9.17) is 4.74 Å². The molecule has 2 rings (SSSR count). The van der Waals surface area contributed by atoms with Crippen LogP contribution >= 0.6 is 12.4 Å². The fraction of sp³-hybridized carbons (Fsp3) is 0.462. The lowest BCUT2D eigenvalue weighted by Crippen LogP contribution is -2.36. The molecule has 0 bridgehead atoms. The Morgan fingerprint density at radius 2 is 2.18 bits per heavy atom. The van der Waals surface area contributed by atoms with Crippen molar-refractivity contribution < 1.29 is 19.6 Å². The number of carbonyl (C=O) groups is 1. The summed E-state index contributed by atoms with van der Waals surface area (Å²) in [6, 6.07) is 5.88. The van der Waals surface area contributed by atoms with E-state index >= 15 is 0 Å². The van der Waals surface area contributed by atoms with Gasteiger partial charge in [-0.3, -0.25) is 14.9 Å². The molecule has 22 heavy (non-hydrogen) atoms. The van der Waals surface area contributed by atoms with E-state index in [1.165, 1.54) is 18.2 Å². The first-order valence-electron chi connectivity index (χ1n) is 6.59. The molecule has 1 aliphatic heterocycles. The molecular formula is C13H18ClN3O5. The summed E-state index contributed by atoms with van der Waals surface area (Å²) in [5.41, 5.74) is -0.180. The molecule has 1 aliphatic rings. The number of para-hydroxylation sites is 2. The van der Waals surface area contributed by atoms with Crippen molar-refractivity contribution >= 4 is 24.0 Å². The molecule has 1 aromatic rings. The van der Waals surface area contributed by atoms with Crippen LogP contribution in [0.5, 0.6) is 5.75 Å². The number of aliphatic hydroxyl groups excluding tert-OH is 1. The number of benzene rings is 1. The number of nitro groups is 1. The van der Waals surface area contributed by atoms with Gasteiger partial charge in [0.05, 0.1) is 11.0 Å². The molecule has 2 unspecified atom stereocenters. The third kappa shape index (κ3) is 4.83. The summed E-state index contributed by atoms with van der Waals surface area (Å²) in [5, 5.41) is 26.0. The highest BCUT2D eigenvalue weighted by atomic mass is 35.5. The topological polar surface area (TPSA) is 114 Å². The van der Waals surface area contributed by atoms with E-state index in [0.29, 0.717) is 19.6 Å². The van der Waals surface area contributed by atoms with E-state index in [9.17, 15) is 20.0 Å². The lowest BCUT2D eigenvalue weighted by molar-refractivity contribution is -0.385. The monoisotopic (exact) mass is 331 g/mol. The van der Waals surface area contributed by atoms with Crippen LogP contribution in [0.2, 0.25) is 0 Å². The van der Waals surface area contributed by atoms with Gasteiger partial charge in [-0.1, -0.05) is 12.1 Å². The molecule has 2 atom stereocenters. The number of hydrogen-bond donors (Lipinski definition) is 3. The maximum absolute atomic E-state index is 11.7. The number of aliphatic hydroxyl groups is 1. The maximum Gasteiger partial charge on any atom is 0.310 e. The average molecular weight is 332 g/mol. The van der Waals surface area contributed by atoms with Gasteiger partial charge in [0.1, 0.15) is 0 Å². The van der Waals surface area contributed by atoms with Crippen molar-refractivity contribution in [1.82, 2.24) is 10.6 Å². The van der Waals surface area contributed by atoms with Gasteiger partial charge in [0, 0.05) is 31.6 Å². The predicted molar refractivity (Wildman–Crippen MR) is 81.2 cm³/mol. The second kappa shape index (κ2) is 8.52. The highest BCUT2D eigenvalue weighted by Gasteiger charge is 2.25. The zero-order chi connectivity index (χ0) is 15.2. The molecule has 0 aliphatic carbocycles. The van der Waals surface area contributed by atoms with Crippen LogP contribution in [0.15, 0.2) is 24.3 Å². The Bertz CT molecular complexity index is 528. The van der Waals surface area contributed by atoms with Crippen LogP contribution in [-0.2, 0) is 4.79 Å². The van der Waals surface area contributed by atoms with Crippen molar-refractivity contribution in [2.24, 2.45) is 5.92 Å². The number of carbonyl (C=O) groups excluding carboxylic acids is 1. The smallest absolute Gasteiger partial charge is 0.310 e.